The van der Waals surface area contributed by atoms with Crippen molar-refractivity contribution in [3.05, 3.63) is 16.3 Å². The van der Waals surface area contributed by atoms with Crippen molar-refractivity contribution in [1.82, 2.24) is 5.32 Å². The Bertz CT molecular complexity index is 377. The van der Waals surface area contributed by atoms with Crippen LogP contribution in [0.3, 0.4) is 0 Å². The number of hydrogen-bond donors (Lipinski definition) is 1. The topological polar surface area (TPSA) is 38.3 Å². The number of rotatable bonds is 7. The lowest BCUT2D eigenvalue weighted by Gasteiger charge is -2.19. The van der Waals surface area contributed by atoms with Crippen LogP contribution in [0.1, 0.15) is 36.4 Å². The van der Waals surface area contributed by atoms with E-state index in [1.165, 1.54) is 11.3 Å². The highest BCUT2D eigenvalue weighted by Crippen LogP contribution is 2.24. The Hall–Kier alpha value is -0.550. The Labute approximate surface area is 121 Å². The standard InChI is InChI=1S/C13H20BrNO2S/c1-4-9(5-2)10(14)8-15-13(16)12-11(17-3)6-7-18-12/h6-7,9-10H,4-5,8H2,1-3H3,(H,15,16). The van der Waals surface area contributed by atoms with Crippen molar-refractivity contribution >= 4 is 33.2 Å². The number of alkyl halides is 1. The lowest BCUT2D eigenvalue weighted by molar-refractivity contribution is 0.0953. The fourth-order valence-electron chi connectivity index (χ4n) is 1.86. The molecule has 1 rings (SSSR count). The molecular weight excluding hydrogens is 314 g/mol. The minimum absolute atomic E-state index is 0.0581. The van der Waals surface area contributed by atoms with E-state index in [9.17, 15) is 4.79 Å². The van der Waals surface area contributed by atoms with Crippen molar-refractivity contribution in [3.63, 3.8) is 0 Å². The molecule has 0 saturated carbocycles. The number of carbonyl (C=O) groups is 1. The van der Waals surface area contributed by atoms with Gasteiger partial charge in [0.1, 0.15) is 10.6 Å². The van der Waals surface area contributed by atoms with Crippen LogP contribution in [0.4, 0.5) is 0 Å². The number of carbonyl (C=O) groups excluding carboxylic acids is 1. The maximum absolute atomic E-state index is 12.0. The summed E-state index contributed by atoms with van der Waals surface area (Å²) in [5.74, 6) is 1.18. The Kier molecular flexibility index (Phi) is 6.71. The smallest absolute Gasteiger partial charge is 0.265 e. The van der Waals surface area contributed by atoms with E-state index < -0.39 is 0 Å². The second-order valence-electron chi connectivity index (χ2n) is 4.12. The first kappa shape index (κ1) is 15.5. The average Bonchev–Trinajstić information content (AvgIpc) is 2.85. The molecule has 102 valence electrons. The monoisotopic (exact) mass is 333 g/mol. The van der Waals surface area contributed by atoms with Crippen molar-refractivity contribution < 1.29 is 9.53 Å². The van der Waals surface area contributed by atoms with Crippen LogP contribution in [0.25, 0.3) is 0 Å². The average molecular weight is 334 g/mol. The van der Waals surface area contributed by atoms with Gasteiger partial charge in [0, 0.05) is 11.4 Å². The summed E-state index contributed by atoms with van der Waals surface area (Å²) in [5, 5.41) is 4.81. The van der Waals surface area contributed by atoms with Crippen LogP contribution >= 0.6 is 27.3 Å². The number of halogens is 1. The third kappa shape index (κ3) is 3.99. The van der Waals surface area contributed by atoms with E-state index in [1.54, 1.807) is 7.11 Å². The van der Waals surface area contributed by atoms with Gasteiger partial charge in [-0.05, 0) is 17.4 Å². The van der Waals surface area contributed by atoms with Crippen LogP contribution in [-0.4, -0.2) is 24.4 Å². The molecule has 1 N–H and O–H groups in total. The van der Waals surface area contributed by atoms with Gasteiger partial charge >= 0.3 is 0 Å². The molecule has 1 atom stereocenters. The van der Waals surface area contributed by atoms with Gasteiger partial charge in [-0.2, -0.15) is 0 Å². The van der Waals surface area contributed by atoms with Crippen molar-refractivity contribution in [3.8, 4) is 5.75 Å². The van der Waals surface area contributed by atoms with Gasteiger partial charge < -0.3 is 10.1 Å². The summed E-state index contributed by atoms with van der Waals surface area (Å²) >= 11 is 5.05. The summed E-state index contributed by atoms with van der Waals surface area (Å²) < 4.78 is 5.14. The van der Waals surface area contributed by atoms with Gasteiger partial charge in [0.25, 0.3) is 5.91 Å². The SMILES string of the molecule is CCC(CC)C(Br)CNC(=O)c1sccc1OC. The number of nitrogens with one attached hydrogen (secondary N) is 1. The zero-order chi connectivity index (χ0) is 13.5. The van der Waals surface area contributed by atoms with E-state index in [0.717, 1.165) is 12.8 Å². The van der Waals surface area contributed by atoms with Gasteiger partial charge in [-0.3, -0.25) is 4.79 Å². The Morgan fingerprint density at radius 1 is 1.50 bits per heavy atom. The second kappa shape index (κ2) is 7.79. The van der Waals surface area contributed by atoms with Crippen molar-refractivity contribution in [2.75, 3.05) is 13.7 Å². The largest absolute Gasteiger partial charge is 0.495 e. The molecular formula is C13H20BrNO2S. The Morgan fingerprint density at radius 3 is 2.72 bits per heavy atom. The summed E-state index contributed by atoms with van der Waals surface area (Å²) in [6, 6.07) is 1.81. The van der Waals surface area contributed by atoms with E-state index in [-0.39, 0.29) is 5.91 Å². The molecule has 0 aliphatic heterocycles. The van der Waals surface area contributed by atoms with Crippen molar-refractivity contribution in [1.29, 1.82) is 0 Å². The third-order valence-corrected chi connectivity index (χ3v) is 5.04. The van der Waals surface area contributed by atoms with E-state index in [2.05, 4.69) is 35.1 Å². The molecule has 18 heavy (non-hydrogen) atoms. The zero-order valence-corrected chi connectivity index (χ0v) is 13.4. The Morgan fingerprint density at radius 2 is 2.17 bits per heavy atom. The van der Waals surface area contributed by atoms with Crippen LogP contribution in [0, 0.1) is 5.92 Å². The minimum Gasteiger partial charge on any atom is -0.495 e. The van der Waals surface area contributed by atoms with Crippen LogP contribution in [0.15, 0.2) is 11.4 Å². The number of ether oxygens (including phenoxy) is 1. The molecule has 3 nitrogen and oxygen atoms in total. The normalized spacial score (nSPS) is 12.5. The first-order valence-electron chi connectivity index (χ1n) is 6.17. The van der Waals surface area contributed by atoms with Gasteiger partial charge in [0.2, 0.25) is 0 Å². The second-order valence-corrected chi connectivity index (χ2v) is 6.21. The molecule has 0 spiro atoms. The van der Waals surface area contributed by atoms with E-state index in [0.29, 0.717) is 27.9 Å². The van der Waals surface area contributed by atoms with Crippen LogP contribution in [-0.2, 0) is 0 Å². The fourth-order valence-corrected chi connectivity index (χ4v) is 3.55. The molecule has 0 bridgehead atoms. The third-order valence-electron chi connectivity index (χ3n) is 3.07. The quantitative estimate of drug-likeness (QED) is 0.773. The summed E-state index contributed by atoms with van der Waals surface area (Å²) in [4.78, 5) is 12.9. The van der Waals surface area contributed by atoms with Crippen molar-refractivity contribution in [2.45, 2.75) is 31.5 Å². The molecule has 0 aromatic carbocycles. The fraction of sp³-hybridized carbons (Fsp3) is 0.615. The van der Waals surface area contributed by atoms with Crippen LogP contribution < -0.4 is 10.1 Å². The molecule has 1 aromatic heterocycles. The zero-order valence-electron chi connectivity index (χ0n) is 11.0. The summed E-state index contributed by atoms with van der Waals surface area (Å²) in [7, 11) is 1.58. The first-order chi connectivity index (χ1) is 8.63. The molecule has 0 saturated heterocycles. The number of hydrogen-bond acceptors (Lipinski definition) is 3. The predicted molar refractivity (Wildman–Crippen MR) is 80.0 cm³/mol. The molecule has 1 amide bonds. The maximum atomic E-state index is 12.0. The molecule has 0 fully saturated rings. The van der Waals surface area contributed by atoms with Crippen molar-refractivity contribution in [2.24, 2.45) is 5.92 Å². The van der Waals surface area contributed by atoms with E-state index >= 15 is 0 Å². The maximum Gasteiger partial charge on any atom is 0.265 e. The van der Waals surface area contributed by atoms with Gasteiger partial charge in [-0.15, -0.1) is 11.3 Å². The minimum atomic E-state index is -0.0581. The highest BCUT2D eigenvalue weighted by atomic mass is 79.9. The molecule has 0 radical (unpaired) electrons. The molecule has 1 unspecified atom stereocenters. The van der Waals surface area contributed by atoms with Gasteiger partial charge in [-0.25, -0.2) is 0 Å². The number of thiophene rings is 1. The van der Waals surface area contributed by atoms with Gasteiger partial charge in [0.05, 0.1) is 7.11 Å². The number of amides is 1. The van der Waals surface area contributed by atoms with E-state index in [4.69, 9.17) is 4.74 Å². The van der Waals surface area contributed by atoms with Crippen LogP contribution in [0.5, 0.6) is 5.75 Å². The summed E-state index contributed by atoms with van der Waals surface area (Å²) in [6.45, 7) is 4.99. The molecule has 0 aliphatic rings. The molecule has 1 heterocycles. The van der Waals surface area contributed by atoms with Crippen LogP contribution in [0.2, 0.25) is 0 Å². The summed E-state index contributed by atoms with van der Waals surface area (Å²) in [6.07, 6.45) is 2.23. The molecule has 0 aliphatic carbocycles. The van der Waals surface area contributed by atoms with Gasteiger partial charge in [-0.1, -0.05) is 42.6 Å². The lowest BCUT2D eigenvalue weighted by atomic mass is 9.99. The predicted octanol–water partition coefficient (Wildman–Crippen LogP) is 3.69. The highest BCUT2D eigenvalue weighted by molar-refractivity contribution is 9.09. The van der Waals surface area contributed by atoms with E-state index in [1.807, 2.05) is 11.4 Å². The number of methoxy groups -OCH3 is 1. The Balaban J connectivity index is 2.51. The van der Waals surface area contributed by atoms with Gasteiger partial charge in [0.15, 0.2) is 0 Å². The highest BCUT2D eigenvalue weighted by Gasteiger charge is 2.18. The summed E-state index contributed by atoms with van der Waals surface area (Å²) in [5.41, 5.74) is 0. The lowest BCUT2D eigenvalue weighted by Crippen LogP contribution is -2.32. The molecule has 5 heteroatoms. The first-order valence-corrected chi connectivity index (χ1v) is 7.97. The molecule has 1 aromatic rings.